The summed E-state index contributed by atoms with van der Waals surface area (Å²) in [5, 5.41) is 0.683. The van der Waals surface area contributed by atoms with Gasteiger partial charge in [0.05, 0.1) is 12.2 Å². The van der Waals surface area contributed by atoms with Crippen molar-refractivity contribution in [2.75, 3.05) is 4.90 Å². The number of nitrogens with zero attached hydrogens (tertiary/aromatic N) is 2. The van der Waals surface area contributed by atoms with Crippen LogP contribution in [-0.2, 0) is 19.8 Å². The van der Waals surface area contributed by atoms with E-state index in [0.29, 0.717) is 30.7 Å². The summed E-state index contributed by atoms with van der Waals surface area (Å²) in [6, 6.07) is 43.3. The Morgan fingerprint density at radius 3 is 1.85 bits per heavy atom. The molecule has 0 heterocycles. The van der Waals surface area contributed by atoms with E-state index in [1.807, 2.05) is 138 Å². The normalized spacial score (nSPS) is 11.2. The van der Waals surface area contributed by atoms with Crippen LogP contribution in [0.4, 0.5) is 11.4 Å². The van der Waals surface area contributed by atoms with Crippen molar-refractivity contribution in [3.05, 3.63) is 155 Å². The van der Waals surface area contributed by atoms with Crippen molar-refractivity contribution in [2.45, 2.75) is 19.8 Å². The molecule has 0 amide bonds. The van der Waals surface area contributed by atoms with Crippen LogP contribution in [0, 0.1) is 0 Å². The quantitative estimate of drug-likeness (QED) is 0.141. The molecule has 5 rings (SSSR count). The Bertz CT molecular complexity index is 1520. The SMILES string of the molecule is NC(=Nc1ccc(OCc2ccccc2)cc1)N(Cc1ccc(Cl)cc1)c1cccc(OCc2ccccc2)c1. The average Bonchev–Trinajstić information content (AvgIpc) is 3.00. The minimum Gasteiger partial charge on any atom is -0.489 e. The van der Waals surface area contributed by atoms with Gasteiger partial charge in [0.15, 0.2) is 0 Å². The summed E-state index contributed by atoms with van der Waals surface area (Å²) in [5.41, 5.74) is 11.5. The van der Waals surface area contributed by atoms with Crippen LogP contribution < -0.4 is 20.1 Å². The first-order valence-corrected chi connectivity index (χ1v) is 13.4. The maximum atomic E-state index is 6.63. The summed E-state index contributed by atoms with van der Waals surface area (Å²) >= 11 is 6.12. The minimum atomic E-state index is 0.355. The molecule has 2 N–H and O–H groups in total. The van der Waals surface area contributed by atoms with E-state index in [1.54, 1.807) is 0 Å². The van der Waals surface area contributed by atoms with E-state index < -0.39 is 0 Å². The van der Waals surface area contributed by atoms with Crippen LogP contribution in [0.2, 0.25) is 5.02 Å². The second-order valence-electron chi connectivity index (χ2n) is 9.22. The third-order valence-electron chi connectivity index (χ3n) is 6.24. The van der Waals surface area contributed by atoms with Crippen molar-refractivity contribution >= 4 is 28.9 Å². The van der Waals surface area contributed by atoms with Crippen LogP contribution in [0.25, 0.3) is 0 Å². The van der Waals surface area contributed by atoms with E-state index in [4.69, 9.17) is 31.8 Å². The van der Waals surface area contributed by atoms with Crippen molar-refractivity contribution < 1.29 is 9.47 Å². The Balaban J connectivity index is 1.34. The molecule has 6 heteroatoms. The number of halogens is 1. The Morgan fingerprint density at radius 1 is 0.625 bits per heavy atom. The molecule has 5 aromatic carbocycles. The highest BCUT2D eigenvalue weighted by atomic mass is 35.5. The molecule has 0 saturated carbocycles. The van der Waals surface area contributed by atoms with Crippen LogP contribution in [-0.4, -0.2) is 5.96 Å². The van der Waals surface area contributed by atoms with E-state index >= 15 is 0 Å². The molecule has 0 unspecified atom stereocenters. The summed E-state index contributed by atoms with van der Waals surface area (Å²) < 4.78 is 12.0. The first-order chi connectivity index (χ1) is 19.6. The fourth-order valence-electron chi connectivity index (χ4n) is 4.11. The summed E-state index contributed by atoms with van der Waals surface area (Å²) in [4.78, 5) is 6.69. The highest BCUT2D eigenvalue weighted by molar-refractivity contribution is 6.30. The molecule has 0 radical (unpaired) electrons. The highest BCUT2D eigenvalue weighted by Gasteiger charge is 2.14. The fourth-order valence-corrected chi connectivity index (χ4v) is 4.24. The molecule has 0 spiro atoms. The van der Waals surface area contributed by atoms with Crippen molar-refractivity contribution in [3.8, 4) is 11.5 Å². The lowest BCUT2D eigenvalue weighted by Crippen LogP contribution is -2.36. The zero-order chi connectivity index (χ0) is 27.6. The molecule has 0 saturated heterocycles. The van der Waals surface area contributed by atoms with Crippen molar-refractivity contribution in [2.24, 2.45) is 10.7 Å². The van der Waals surface area contributed by atoms with Gasteiger partial charge in [0.2, 0.25) is 5.96 Å². The third kappa shape index (κ3) is 7.65. The first kappa shape index (κ1) is 26.9. The maximum Gasteiger partial charge on any atom is 0.201 e. The van der Waals surface area contributed by atoms with Gasteiger partial charge in [-0.15, -0.1) is 0 Å². The van der Waals surface area contributed by atoms with Gasteiger partial charge in [-0.25, -0.2) is 4.99 Å². The highest BCUT2D eigenvalue weighted by Crippen LogP contribution is 2.26. The average molecular weight is 548 g/mol. The maximum absolute atomic E-state index is 6.63. The van der Waals surface area contributed by atoms with Gasteiger partial charge in [-0.05, 0) is 65.2 Å². The van der Waals surface area contributed by atoms with Gasteiger partial charge < -0.3 is 20.1 Å². The second-order valence-corrected chi connectivity index (χ2v) is 9.66. The van der Waals surface area contributed by atoms with Crippen molar-refractivity contribution in [1.29, 1.82) is 0 Å². The van der Waals surface area contributed by atoms with Crippen LogP contribution in [0.3, 0.4) is 0 Å². The van der Waals surface area contributed by atoms with E-state index in [1.165, 1.54) is 0 Å². The Morgan fingerprint density at radius 2 is 1.23 bits per heavy atom. The van der Waals surface area contributed by atoms with Crippen molar-refractivity contribution in [1.82, 2.24) is 0 Å². The standard InChI is InChI=1S/C34H30ClN3O2/c35-29-16-14-26(15-17-29)23-38(31-12-7-13-33(22-31)40-25-28-10-5-2-6-11-28)34(36)37-30-18-20-32(21-19-30)39-24-27-8-3-1-4-9-27/h1-22H,23-25H2,(H2,36,37). The number of anilines is 1. The molecule has 5 nitrogen and oxygen atoms in total. The first-order valence-electron chi connectivity index (χ1n) is 13.0. The molecular formula is C34H30ClN3O2. The van der Waals surface area contributed by atoms with Gasteiger partial charge in [-0.2, -0.15) is 0 Å². The largest absolute Gasteiger partial charge is 0.489 e. The van der Waals surface area contributed by atoms with E-state index in [0.717, 1.165) is 39.6 Å². The Hall–Kier alpha value is -4.74. The molecule has 0 aliphatic heterocycles. The van der Waals surface area contributed by atoms with Gasteiger partial charge in [0.1, 0.15) is 24.7 Å². The van der Waals surface area contributed by atoms with Gasteiger partial charge >= 0.3 is 0 Å². The molecule has 0 aliphatic rings. The molecule has 0 aromatic heterocycles. The number of hydrogen-bond acceptors (Lipinski definition) is 3. The lowest BCUT2D eigenvalue weighted by Gasteiger charge is -2.24. The Kier molecular flexibility index (Phi) is 8.97. The number of aliphatic imine (C=N–C) groups is 1. The fraction of sp³-hybridized carbons (Fsp3) is 0.0882. The molecule has 0 aliphatic carbocycles. The van der Waals surface area contributed by atoms with Crippen LogP contribution in [0.1, 0.15) is 16.7 Å². The molecule has 0 bridgehead atoms. The molecule has 40 heavy (non-hydrogen) atoms. The number of guanidine groups is 1. The second kappa shape index (κ2) is 13.4. The van der Waals surface area contributed by atoms with Crippen LogP contribution >= 0.6 is 11.6 Å². The molecule has 5 aromatic rings. The molecule has 0 fully saturated rings. The van der Waals surface area contributed by atoms with Crippen LogP contribution in [0.5, 0.6) is 11.5 Å². The zero-order valence-electron chi connectivity index (χ0n) is 22.0. The summed E-state index contributed by atoms with van der Waals surface area (Å²) in [7, 11) is 0. The number of hydrogen-bond donors (Lipinski definition) is 1. The summed E-state index contributed by atoms with van der Waals surface area (Å²) in [6.45, 7) is 1.49. The van der Waals surface area contributed by atoms with E-state index in [-0.39, 0.29) is 0 Å². The number of rotatable bonds is 10. The van der Waals surface area contributed by atoms with Crippen LogP contribution in [0.15, 0.2) is 138 Å². The van der Waals surface area contributed by atoms with Gasteiger partial charge in [-0.1, -0.05) is 90.5 Å². The number of nitrogens with two attached hydrogens (primary N) is 1. The summed E-state index contributed by atoms with van der Waals surface area (Å²) in [6.07, 6.45) is 0. The third-order valence-corrected chi connectivity index (χ3v) is 6.49. The lowest BCUT2D eigenvalue weighted by atomic mass is 10.2. The molecular weight excluding hydrogens is 518 g/mol. The number of ether oxygens (including phenoxy) is 2. The van der Waals surface area contributed by atoms with E-state index in [2.05, 4.69) is 0 Å². The predicted octanol–water partition coefficient (Wildman–Crippen LogP) is 8.15. The predicted molar refractivity (Wildman–Crippen MR) is 163 cm³/mol. The Labute approximate surface area is 240 Å². The molecule has 200 valence electrons. The smallest absolute Gasteiger partial charge is 0.201 e. The minimum absolute atomic E-state index is 0.355. The molecule has 0 atom stereocenters. The number of benzene rings is 5. The van der Waals surface area contributed by atoms with Gasteiger partial charge in [-0.3, -0.25) is 0 Å². The lowest BCUT2D eigenvalue weighted by molar-refractivity contribution is 0.306. The topological polar surface area (TPSA) is 60.1 Å². The summed E-state index contributed by atoms with van der Waals surface area (Å²) in [5.74, 6) is 1.87. The monoisotopic (exact) mass is 547 g/mol. The van der Waals surface area contributed by atoms with Gasteiger partial charge in [0.25, 0.3) is 0 Å². The van der Waals surface area contributed by atoms with E-state index in [9.17, 15) is 0 Å². The van der Waals surface area contributed by atoms with Gasteiger partial charge in [0, 0.05) is 16.8 Å². The van der Waals surface area contributed by atoms with Crippen molar-refractivity contribution in [3.63, 3.8) is 0 Å². The zero-order valence-corrected chi connectivity index (χ0v) is 22.7.